The maximum Gasteiger partial charge on any atom is 0.222 e. The van der Waals surface area contributed by atoms with Crippen LogP contribution in [0.2, 0.25) is 5.02 Å². The number of aromatic nitrogens is 2. The lowest BCUT2D eigenvalue weighted by Crippen LogP contribution is -2.30. The van der Waals surface area contributed by atoms with Gasteiger partial charge in [-0.15, -0.1) is 0 Å². The molecule has 3 atom stereocenters. The first kappa shape index (κ1) is 11.6. The van der Waals surface area contributed by atoms with Crippen molar-refractivity contribution in [2.75, 3.05) is 5.32 Å². The Bertz CT molecular complexity index is 339. The third-order valence-corrected chi connectivity index (χ3v) is 3.75. The second-order valence-electron chi connectivity index (χ2n) is 4.83. The number of nitrogens with zero attached hydrogens (tertiary/aromatic N) is 2. The van der Waals surface area contributed by atoms with Crippen LogP contribution in [0.3, 0.4) is 0 Å². The number of halogens is 1. The highest BCUT2D eigenvalue weighted by molar-refractivity contribution is 6.30. The van der Waals surface area contributed by atoms with Crippen molar-refractivity contribution < 1.29 is 0 Å². The van der Waals surface area contributed by atoms with E-state index >= 15 is 0 Å². The fourth-order valence-corrected chi connectivity index (χ4v) is 2.35. The summed E-state index contributed by atoms with van der Waals surface area (Å²) in [6.07, 6.45) is 6.95. The molecule has 0 aromatic carbocycles. The molecule has 1 fully saturated rings. The maximum atomic E-state index is 5.74. The molecular formula is C12H18ClN3. The highest BCUT2D eigenvalue weighted by Gasteiger charge is 2.24. The number of anilines is 1. The van der Waals surface area contributed by atoms with Crippen LogP contribution in [0, 0.1) is 11.8 Å². The molecule has 1 aliphatic rings. The van der Waals surface area contributed by atoms with Crippen LogP contribution in [-0.4, -0.2) is 16.0 Å². The van der Waals surface area contributed by atoms with Crippen LogP contribution in [-0.2, 0) is 0 Å². The van der Waals surface area contributed by atoms with E-state index in [9.17, 15) is 0 Å². The molecule has 1 aromatic heterocycles. The third kappa shape index (κ3) is 2.85. The molecule has 1 aliphatic carbocycles. The predicted molar refractivity (Wildman–Crippen MR) is 66.6 cm³/mol. The normalized spacial score (nSPS) is 30.1. The Hall–Kier alpha value is -0.830. The van der Waals surface area contributed by atoms with Gasteiger partial charge in [0.1, 0.15) is 0 Å². The zero-order valence-corrected chi connectivity index (χ0v) is 10.5. The quantitative estimate of drug-likeness (QED) is 0.860. The van der Waals surface area contributed by atoms with Crippen molar-refractivity contribution in [1.29, 1.82) is 0 Å². The SMILES string of the molecule is CC1CCC(Nc2ncc(Cl)cn2)CC1C. The Kier molecular flexibility index (Phi) is 3.64. The first-order valence-corrected chi connectivity index (χ1v) is 6.27. The van der Waals surface area contributed by atoms with E-state index in [-0.39, 0.29) is 0 Å². The van der Waals surface area contributed by atoms with Crippen molar-refractivity contribution >= 4 is 17.5 Å². The monoisotopic (exact) mass is 239 g/mol. The number of hydrogen-bond donors (Lipinski definition) is 1. The maximum absolute atomic E-state index is 5.74. The van der Waals surface area contributed by atoms with Crippen molar-refractivity contribution in [3.8, 4) is 0 Å². The van der Waals surface area contributed by atoms with Gasteiger partial charge in [-0.05, 0) is 31.1 Å². The molecule has 1 aromatic rings. The number of hydrogen-bond acceptors (Lipinski definition) is 3. The second-order valence-corrected chi connectivity index (χ2v) is 5.27. The van der Waals surface area contributed by atoms with Crippen molar-refractivity contribution in [2.45, 2.75) is 39.2 Å². The number of nitrogens with one attached hydrogen (secondary N) is 1. The van der Waals surface area contributed by atoms with E-state index in [2.05, 4.69) is 29.1 Å². The number of rotatable bonds is 2. The molecule has 1 N–H and O–H groups in total. The second kappa shape index (κ2) is 5.00. The molecule has 3 unspecified atom stereocenters. The van der Waals surface area contributed by atoms with Gasteiger partial charge < -0.3 is 5.32 Å². The van der Waals surface area contributed by atoms with Crippen molar-refractivity contribution in [2.24, 2.45) is 11.8 Å². The van der Waals surface area contributed by atoms with Crippen molar-refractivity contribution in [3.05, 3.63) is 17.4 Å². The summed E-state index contributed by atoms with van der Waals surface area (Å²) >= 11 is 5.74. The minimum absolute atomic E-state index is 0.507. The molecule has 0 radical (unpaired) electrons. The Labute approximate surface area is 102 Å². The van der Waals surface area contributed by atoms with E-state index in [1.165, 1.54) is 19.3 Å². The summed E-state index contributed by atoms with van der Waals surface area (Å²) in [5, 5.41) is 3.96. The molecule has 0 aliphatic heterocycles. The predicted octanol–water partition coefficient (Wildman–Crippen LogP) is 3.37. The minimum atomic E-state index is 0.507. The molecule has 2 rings (SSSR count). The first-order valence-electron chi connectivity index (χ1n) is 5.89. The molecule has 0 amide bonds. The van der Waals surface area contributed by atoms with Crippen molar-refractivity contribution in [3.63, 3.8) is 0 Å². The molecule has 16 heavy (non-hydrogen) atoms. The van der Waals surface area contributed by atoms with Crippen LogP contribution < -0.4 is 5.32 Å². The molecular weight excluding hydrogens is 222 g/mol. The fraction of sp³-hybridized carbons (Fsp3) is 0.667. The van der Waals surface area contributed by atoms with Gasteiger partial charge in [-0.1, -0.05) is 25.4 Å². The van der Waals surface area contributed by atoms with Gasteiger partial charge >= 0.3 is 0 Å². The molecule has 0 bridgehead atoms. The van der Waals surface area contributed by atoms with Crippen LogP contribution in [0.15, 0.2) is 12.4 Å². The Morgan fingerprint density at radius 3 is 2.50 bits per heavy atom. The van der Waals surface area contributed by atoms with Gasteiger partial charge in [-0.3, -0.25) is 0 Å². The lowest BCUT2D eigenvalue weighted by atomic mass is 9.79. The Morgan fingerprint density at radius 2 is 1.88 bits per heavy atom. The highest BCUT2D eigenvalue weighted by Crippen LogP contribution is 2.30. The van der Waals surface area contributed by atoms with Crippen molar-refractivity contribution in [1.82, 2.24) is 9.97 Å². The standard InChI is InChI=1S/C12H18ClN3/c1-8-3-4-11(5-9(8)2)16-12-14-6-10(13)7-15-12/h6-9,11H,3-5H2,1-2H3,(H,14,15,16). The highest BCUT2D eigenvalue weighted by atomic mass is 35.5. The van der Waals surface area contributed by atoms with Crippen LogP contribution in [0.4, 0.5) is 5.95 Å². The van der Waals surface area contributed by atoms with Gasteiger partial charge in [-0.25, -0.2) is 9.97 Å². The van der Waals surface area contributed by atoms with Gasteiger partial charge in [0.2, 0.25) is 5.95 Å². The van der Waals surface area contributed by atoms with Gasteiger partial charge in [-0.2, -0.15) is 0 Å². The van der Waals surface area contributed by atoms with E-state index in [0.29, 0.717) is 17.0 Å². The van der Waals surface area contributed by atoms with Gasteiger partial charge in [0.05, 0.1) is 17.4 Å². The van der Waals surface area contributed by atoms with E-state index in [0.717, 1.165) is 11.8 Å². The van der Waals surface area contributed by atoms with Gasteiger partial charge in [0.15, 0.2) is 0 Å². The Balaban J connectivity index is 1.93. The van der Waals surface area contributed by atoms with E-state index < -0.39 is 0 Å². The van der Waals surface area contributed by atoms with Crippen LogP contribution in [0.5, 0.6) is 0 Å². The van der Waals surface area contributed by atoms with E-state index in [4.69, 9.17) is 11.6 Å². The summed E-state index contributed by atoms with van der Waals surface area (Å²) < 4.78 is 0. The lowest BCUT2D eigenvalue weighted by molar-refractivity contribution is 0.260. The summed E-state index contributed by atoms with van der Waals surface area (Å²) in [4.78, 5) is 8.32. The average molecular weight is 240 g/mol. The van der Waals surface area contributed by atoms with Crippen LogP contribution >= 0.6 is 11.6 Å². The molecule has 3 nitrogen and oxygen atoms in total. The largest absolute Gasteiger partial charge is 0.351 e. The first-order chi connectivity index (χ1) is 7.65. The third-order valence-electron chi connectivity index (χ3n) is 3.55. The minimum Gasteiger partial charge on any atom is -0.351 e. The molecule has 4 heteroatoms. The summed E-state index contributed by atoms with van der Waals surface area (Å²) in [6.45, 7) is 4.65. The zero-order valence-electron chi connectivity index (χ0n) is 9.78. The Morgan fingerprint density at radius 1 is 1.19 bits per heavy atom. The summed E-state index contributed by atoms with van der Waals surface area (Å²) in [5.41, 5.74) is 0. The molecule has 1 saturated carbocycles. The smallest absolute Gasteiger partial charge is 0.222 e. The molecule has 0 saturated heterocycles. The lowest BCUT2D eigenvalue weighted by Gasteiger charge is -2.32. The van der Waals surface area contributed by atoms with Crippen LogP contribution in [0.1, 0.15) is 33.1 Å². The van der Waals surface area contributed by atoms with E-state index in [1.807, 2.05) is 0 Å². The fourth-order valence-electron chi connectivity index (χ4n) is 2.25. The van der Waals surface area contributed by atoms with E-state index in [1.54, 1.807) is 12.4 Å². The average Bonchev–Trinajstić information content (AvgIpc) is 2.27. The molecule has 88 valence electrons. The summed E-state index contributed by atoms with van der Waals surface area (Å²) in [7, 11) is 0. The van der Waals surface area contributed by atoms with Gasteiger partial charge in [0, 0.05) is 6.04 Å². The summed E-state index contributed by atoms with van der Waals surface area (Å²) in [5.74, 6) is 2.30. The van der Waals surface area contributed by atoms with Crippen LogP contribution in [0.25, 0.3) is 0 Å². The topological polar surface area (TPSA) is 37.8 Å². The van der Waals surface area contributed by atoms with Gasteiger partial charge in [0.25, 0.3) is 0 Å². The molecule has 0 spiro atoms. The summed E-state index contributed by atoms with van der Waals surface area (Å²) in [6, 6.07) is 0.507. The zero-order chi connectivity index (χ0) is 11.5. The molecule has 1 heterocycles.